The zero-order valence-corrected chi connectivity index (χ0v) is 20.0. The Labute approximate surface area is 197 Å². The molecule has 5 heteroatoms. The first-order valence-corrected chi connectivity index (χ1v) is 12.2. The highest BCUT2D eigenvalue weighted by Crippen LogP contribution is 2.43. The van der Waals surface area contributed by atoms with E-state index in [1.807, 2.05) is 60.7 Å². The van der Waals surface area contributed by atoms with Crippen molar-refractivity contribution in [1.29, 1.82) is 0 Å². The van der Waals surface area contributed by atoms with Crippen LogP contribution in [0.15, 0.2) is 71.3 Å². The fourth-order valence-corrected chi connectivity index (χ4v) is 5.00. The zero-order chi connectivity index (χ0) is 23.2. The Morgan fingerprint density at radius 1 is 1.00 bits per heavy atom. The van der Waals surface area contributed by atoms with Gasteiger partial charge in [-0.05, 0) is 30.5 Å². The van der Waals surface area contributed by atoms with Crippen LogP contribution in [0.25, 0.3) is 0 Å². The highest BCUT2D eigenvalue weighted by Gasteiger charge is 2.44. The van der Waals surface area contributed by atoms with Crippen molar-refractivity contribution in [2.45, 2.75) is 50.7 Å². The van der Waals surface area contributed by atoms with Crippen LogP contribution in [0.5, 0.6) is 5.75 Å². The maximum Gasteiger partial charge on any atom is 0.231 e. The van der Waals surface area contributed by atoms with E-state index in [-0.39, 0.29) is 5.92 Å². The largest absolute Gasteiger partial charge is 0.493 e. The molecule has 0 aliphatic heterocycles. The fraction of sp³-hybridized carbons (Fsp3) is 0.464. The summed E-state index contributed by atoms with van der Waals surface area (Å²) in [6.45, 7) is 2.35. The lowest BCUT2D eigenvalue weighted by Gasteiger charge is -2.36. The first-order chi connectivity index (χ1) is 16.0. The molecule has 0 unspecified atom stereocenters. The molecule has 0 amide bonds. The first kappa shape index (κ1) is 23.5. The van der Waals surface area contributed by atoms with Crippen LogP contribution < -0.4 is 4.74 Å². The fourth-order valence-electron chi connectivity index (χ4n) is 5.00. The molecule has 0 bridgehead atoms. The van der Waals surface area contributed by atoms with Crippen molar-refractivity contribution in [3.8, 4) is 5.75 Å². The van der Waals surface area contributed by atoms with Gasteiger partial charge < -0.3 is 18.7 Å². The van der Waals surface area contributed by atoms with Crippen molar-refractivity contribution < 1.29 is 18.7 Å². The molecular formula is C28H37N2O3+. The minimum Gasteiger partial charge on any atom is -0.493 e. The molecular weight excluding hydrogens is 412 g/mol. The van der Waals surface area contributed by atoms with Crippen molar-refractivity contribution >= 4 is 0 Å². The molecule has 0 spiro atoms. The van der Waals surface area contributed by atoms with Gasteiger partial charge in [0.05, 0.1) is 33.4 Å². The Bertz CT molecular complexity index is 981. The van der Waals surface area contributed by atoms with E-state index >= 15 is 0 Å². The number of aliphatic hydroxyl groups is 1. The van der Waals surface area contributed by atoms with Gasteiger partial charge >= 0.3 is 0 Å². The predicted octanol–water partition coefficient (Wildman–Crippen LogP) is 5.54. The van der Waals surface area contributed by atoms with Crippen LogP contribution in [0.2, 0.25) is 0 Å². The van der Waals surface area contributed by atoms with Gasteiger partial charge in [0.15, 0.2) is 11.4 Å². The molecule has 1 aliphatic carbocycles. The number of hydrogen-bond donors (Lipinski definition) is 1. The Hall–Kier alpha value is -2.63. The summed E-state index contributed by atoms with van der Waals surface area (Å²) in [5, 5.41) is 12.0. The van der Waals surface area contributed by atoms with Gasteiger partial charge in [-0.25, -0.2) is 4.98 Å². The van der Waals surface area contributed by atoms with Crippen LogP contribution in [-0.2, 0) is 12.1 Å². The summed E-state index contributed by atoms with van der Waals surface area (Å²) >= 11 is 0. The molecule has 0 saturated heterocycles. The smallest absolute Gasteiger partial charge is 0.231 e. The second kappa shape index (κ2) is 10.5. The maximum atomic E-state index is 12.0. The molecule has 0 radical (unpaired) electrons. The average Bonchev–Trinajstić information content (AvgIpc) is 3.31. The number of para-hydroxylation sites is 1. The number of hydrogen-bond acceptors (Lipinski definition) is 4. The molecule has 33 heavy (non-hydrogen) atoms. The summed E-state index contributed by atoms with van der Waals surface area (Å²) in [6.07, 6.45) is 8.24. The van der Waals surface area contributed by atoms with Crippen LogP contribution in [-0.4, -0.2) is 41.8 Å². The zero-order valence-electron chi connectivity index (χ0n) is 20.0. The van der Waals surface area contributed by atoms with Crippen LogP contribution in [0.3, 0.4) is 0 Å². The van der Waals surface area contributed by atoms with E-state index in [0.717, 1.165) is 60.2 Å². The Kier molecular flexibility index (Phi) is 7.51. The lowest BCUT2D eigenvalue weighted by molar-refractivity contribution is -0.904. The third kappa shape index (κ3) is 5.84. The van der Waals surface area contributed by atoms with Crippen molar-refractivity contribution in [3.05, 3.63) is 84.1 Å². The van der Waals surface area contributed by atoms with Gasteiger partial charge in [0, 0.05) is 12.3 Å². The first-order valence-electron chi connectivity index (χ1n) is 12.2. The number of benzene rings is 2. The number of oxazole rings is 1. The number of ether oxygens (including phenoxy) is 1. The second-order valence-corrected chi connectivity index (χ2v) is 9.93. The predicted molar refractivity (Wildman–Crippen MR) is 130 cm³/mol. The van der Waals surface area contributed by atoms with Gasteiger partial charge in [-0.2, -0.15) is 0 Å². The summed E-state index contributed by atoms with van der Waals surface area (Å²) in [6, 6.07) is 19.8. The second-order valence-electron chi connectivity index (χ2n) is 9.93. The van der Waals surface area contributed by atoms with Crippen molar-refractivity contribution in [1.82, 2.24) is 4.98 Å². The van der Waals surface area contributed by atoms with E-state index in [2.05, 4.69) is 19.1 Å². The molecule has 2 aromatic carbocycles. The van der Waals surface area contributed by atoms with Crippen LogP contribution in [0, 0.1) is 5.92 Å². The van der Waals surface area contributed by atoms with E-state index < -0.39 is 5.60 Å². The van der Waals surface area contributed by atoms with Crippen LogP contribution in [0.4, 0.5) is 0 Å². The van der Waals surface area contributed by atoms with Crippen molar-refractivity contribution in [2.24, 2.45) is 5.92 Å². The standard InChI is InChI=1S/C28H37N2O3/c1-30(2,19-12-20-32-25-17-10-5-11-18-25)22-26-21-29-27(33-26)28(31,23-13-6-3-7-14-23)24-15-8-4-9-16-24/h3,5-7,10-11,13-14,17-18,21,24,31H,4,8-9,12,15-16,19-20,22H2,1-2H3/q+1/t28-/m0/s1. The van der Waals surface area contributed by atoms with Crippen molar-refractivity contribution in [3.63, 3.8) is 0 Å². The molecule has 1 fully saturated rings. The van der Waals surface area contributed by atoms with Gasteiger partial charge in [0.25, 0.3) is 0 Å². The van der Waals surface area contributed by atoms with Gasteiger partial charge in [0.2, 0.25) is 5.89 Å². The highest BCUT2D eigenvalue weighted by molar-refractivity contribution is 5.30. The summed E-state index contributed by atoms with van der Waals surface area (Å²) in [5.74, 6) is 2.27. The number of nitrogens with zero attached hydrogens (tertiary/aromatic N) is 2. The summed E-state index contributed by atoms with van der Waals surface area (Å²) in [7, 11) is 4.38. The minimum atomic E-state index is -1.18. The third-order valence-electron chi connectivity index (χ3n) is 6.79. The monoisotopic (exact) mass is 449 g/mol. The van der Waals surface area contributed by atoms with E-state index in [1.54, 1.807) is 6.20 Å². The summed E-state index contributed by atoms with van der Waals surface area (Å²) < 4.78 is 12.9. The normalized spacial score (nSPS) is 16.9. The molecule has 5 nitrogen and oxygen atoms in total. The third-order valence-corrected chi connectivity index (χ3v) is 6.79. The Balaban J connectivity index is 1.42. The summed E-state index contributed by atoms with van der Waals surface area (Å²) in [5.41, 5.74) is -0.308. The van der Waals surface area contributed by atoms with E-state index in [4.69, 9.17) is 9.15 Å². The van der Waals surface area contributed by atoms with Gasteiger partial charge in [0.1, 0.15) is 12.3 Å². The molecule has 1 aromatic heterocycles. The highest BCUT2D eigenvalue weighted by atomic mass is 16.5. The lowest BCUT2D eigenvalue weighted by atomic mass is 9.73. The van der Waals surface area contributed by atoms with Crippen LogP contribution >= 0.6 is 0 Å². The molecule has 3 aromatic rings. The van der Waals surface area contributed by atoms with Crippen molar-refractivity contribution in [2.75, 3.05) is 27.2 Å². The van der Waals surface area contributed by atoms with E-state index in [0.29, 0.717) is 19.0 Å². The number of rotatable bonds is 10. The van der Waals surface area contributed by atoms with Gasteiger partial charge in [-0.3, -0.25) is 0 Å². The van der Waals surface area contributed by atoms with Gasteiger partial charge in [-0.1, -0.05) is 67.8 Å². The molecule has 176 valence electrons. The maximum absolute atomic E-state index is 12.0. The topological polar surface area (TPSA) is 55.5 Å². The number of aromatic nitrogens is 1. The Morgan fingerprint density at radius 2 is 1.67 bits per heavy atom. The minimum absolute atomic E-state index is 0.123. The average molecular weight is 450 g/mol. The molecule has 1 N–H and O–H groups in total. The van der Waals surface area contributed by atoms with E-state index in [9.17, 15) is 5.11 Å². The SMILES string of the molecule is C[N+](C)(CCCOc1ccccc1)Cc1cnc([C@](O)(c2ccccc2)C2CCCCC2)o1. The quantitative estimate of drug-likeness (QED) is 0.326. The molecule has 1 heterocycles. The number of quaternary nitrogens is 1. The Morgan fingerprint density at radius 3 is 2.36 bits per heavy atom. The molecule has 1 saturated carbocycles. The molecule has 1 aliphatic rings. The molecule has 1 atom stereocenters. The lowest BCUT2D eigenvalue weighted by Crippen LogP contribution is -2.40. The summed E-state index contributed by atoms with van der Waals surface area (Å²) in [4.78, 5) is 4.61. The molecule has 4 rings (SSSR count). The van der Waals surface area contributed by atoms with Crippen LogP contribution in [0.1, 0.15) is 55.7 Å². The van der Waals surface area contributed by atoms with Gasteiger partial charge in [-0.15, -0.1) is 0 Å². The van der Waals surface area contributed by atoms with E-state index in [1.165, 1.54) is 6.42 Å².